The molecule has 0 saturated carbocycles. The molecule has 4 atom stereocenters. The number of benzene rings is 2. The fourth-order valence-electron chi connectivity index (χ4n) is 10.1. The van der Waals surface area contributed by atoms with Gasteiger partial charge in [0.1, 0.15) is 23.9 Å². The number of likely N-dealkylation sites (N-methyl/N-ethyl adjacent to an activating group) is 1. The first-order chi connectivity index (χ1) is 33.6. The normalized spacial score (nSPS) is 20.0. The lowest BCUT2D eigenvalue weighted by atomic mass is 9.84. The van der Waals surface area contributed by atoms with Gasteiger partial charge >= 0.3 is 5.97 Å². The maximum absolute atomic E-state index is 14.8. The second kappa shape index (κ2) is 21.6. The number of fused-ring (bicyclic) bond motifs is 6. The number of hydrogen-bond acceptors (Lipinski definition) is 11. The van der Waals surface area contributed by atoms with Crippen molar-refractivity contribution in [3.8, 4) is 40.0 Å². The van der Waals surface area contributed by atoms with E-state index in [4.69, 9.17) is 14.5 Å². The van der Waals surface area contributed by atoms with E-state index in [0.717, 1.165) is 39.0 Å². The molecule has 3 N–H and O–H groups in total. The number of nitrogens with one attached hydrogen (secondary N) is 2. The summed E-state index contributed by atoms with van der Waals surface area (Å²) >= 11 is 0. The molecule has 4 aromatic rings. The minimum Gasteiger partial charge on any atom is -0.508 e. The second-order valence-electron chi connectivity index (χ2n) is 21.2. The van der Waals surface area contributed by atoms with Gasteiger partial charge in [-0.3, -0.25) is 38.9 Å². The van der Waals surface area contributed by atoms with Gasteiger partial charge in [-0.05, 0) is 131 Å². The molecule has 16 heteroatoms. The molecule has 16 nitrogen and oxygen atoms in total. The number of esters is 1. The van der Waals surface area contributed by atoms with Crippen LogP contribution in [-0.4, -0.2) is 142 Å². The van der Waals surface area contributed by atoms with Crippen LogP contribution in [0, 0.1) is 29.1 Å². The summed E-state index contributed by atoms with van der Waals surface area (Å²) in [6.45, 7) is 15.7. The van der Waals surface area contributed by atoms with E-state index in [2.05, 4.69) is 66.1 Å². The highest BCUT2D eigenvalue weighted by atomic mass is 16.5. The summed E-state index contributed by atoms with van der Waals surface area (Å²) in [4.78, 5) is 80.4. The molecule has 2 aromatic carbocycles. The third kappa shape index (κ3) is 11.6. The molecule has 0 radical (unpaired) electrons. The number of ether oxygens (including phenoxy) is 2. The zero-order valence-corrected chi connectivity index (χ0v) is 43.3. The number of carbonyl (C=O) groups excluding carboxylic acids is 5. The van der Waals surface area contributed by atoms with Gasteiger partial charge in [-0.15, -0.1) is 0 Å². The number of amides is 4. The third-order valence-electron chi connectivity index (χ3n) is 14.4. The van der Waals surface area contributed by atoms with Crippen molar-refractivity contribution >= 4 is 40.5 Å². The smallest absolute Gasteiger partial charge is 0.324 e. The van der Waals surface area contributed by atoms with E-state index in [1.165, 1.54) is 9.91 Å². The molecule has 5 heterocycles. The van der Waals surface area contributed by atoms with E-state index in [1.807, 2.05) is 64.9 Å². The zero-order valence-electron chi connectivity index (χ0n) is 43.3. The van der Waals surface area contributed by atoms with Crippen molar-refractivity contribution in [2.75, 3.05) is 54.5 Å². The Morgan fingerprint density at radius 3 is 2.52 bits per heavy atom. The van der Waals surface area contributed by atoms with Crippen molar-refractivity contribution in [1.29, 1.82) is 0 Å². The highest BCUT2D eigenvalue weighted by Crippen LogP contribution is 2.41. The molecule has 0 aliphatic carbocycles. The Labute approximate surface area is 418 Å². The lowest BCUT2D eigenvalue weighted by Crippen LogP contribution is -2.62. The van der Waals surface area contributed by atoms with Crippen molar-refractivity contribution in [2.24, 2.45) is 17.3 Å². The molecule has 380 valence electrons. The monoisotopic (exact) mass is 973 g/mol. The van der Waals surface area contributed by atoms with Crippen molar-refractivity contribution in [2.45, 2.75) is 117 Å². The zero-order chi connectivity index (χ0) is 51.5. The van der Waals surface area contributed by atoms with Crippen molar-refractivity contribution in [3.05, 3.63) is 71.5 Å². The van der Waals surface area contributed by atoms with Gasteiger partial charge in [0.15, 0.2) is 0 Å². The summed E-state index contributed by atoms with van der Waals surface area (Å²) in [5.41, 5.74) is 9.00. The average Bonchev–Trinajstić information content (AvgIpc) is 3.94. The summed E-state index contributed by atoms with van der Waals surface area (Å²) in [7, 11) is 7.02. The topological polar surface area (TPSA) is 179 Å². The molecule has 3 aliphatic rings. The lowest BCUT2D eigenvalue weighted by Gasteiger charge is -2.37. The van der Waals surface area contributed by atoms with Crippen molar-refractivity contribution in [3.63, 3.8) is 0 Å². The summed E-state index contributed by atoms with van der Waals surface area (Å²) < 4.78 is 14.0. The first-order valence-corrected chi connectivity index (χ1v) is 24.8. The lowest BCUT2D eigenvalue weighted by molar-refractivity contribution is -0.155. The van der Waals surface area contributed by atoms with Crippen molar-refractivity contribution < 1.29 is 38.6 Å². The van der Waals surface area contributed by atoms with Gasteiger partial charge in [0, 0.05) is 74.8 Å². The first-order valence-electron chi connectivity index (χ1n) is 24.8. The summed E-state index contributed by atoms with van der Waals surface area (Å²) in [6, 6.07) is 12.4. The number of rotatable bonds is 10. The number of cyclic esters (lactones) is 1. The number of hydrogen-bond donors (Lipinski definition) is 3. The standard InChI is InChI=1S/C55H72N8O8/c1-12-62-46-18-17-36-29-41(46)42(49(62)40-15-13-22-56-45(40)32-70-11)30-54(4,5)33-71-53(69)43-16-14-23-63(58-43)52(68)44(27-35-25-38(36)28-39(64)26-35)57-50(66)48(34(2)3)60(10)51(67)37-20-24-61(31-37)47(65)19-21-55(6,7)59(8)9/h13,15,17-18,22,25-26,28-29,34,37,43-44,48,58,64H,12,14,16,20,23-24,27,30-33H2,1-11H3,(H,57,66)/t37-,43+,44+,48+/m1/s1. The molecule has 6 bridgehead atoms. The predicted octanol–water partition coefficient (Wildman–Crippen LogP) is 5.57. The molecular weight excluding hydrogens is 901 g/mol. The van der Waals surface area contributed by atoms with E-state index in [1.54, 1.807) is 37.4 Å². The van der Waals surface area contributed by atoms with Crippen LogP contribution in [0.2, 0.25) is 0 Å². The van der Waals surface area contributed by atoms with Gasteiger partial charge in [-0.25, -0.2) is 5.43 Å². The summed E-state index contributed by atoms with van der Waals surface area (Å²) in [5, 5.41) is 16.8. The van der Waals surface area contributed by atoms with Gasteiger partial charge in [0.05, 0.1) is 36.1 Å². The molecule has 0 spiro atoms. The van der Waals surface area contributed by atoms with Gasteiger partial charge in [-0.1, -0.05) is 45.7 Å². The van der Waals surface area contributed by atoms with Gasteiger partial charge in [0.2, 0.25) is 11.8 Å². The van der Waals surface area contributed by atoms with Crippen LogP contribution in [0.25, 0.3) is 33.3 Å². The second-order valence-corrected chi connectivity index (χ2v) is 21.2. The molecule has 4 amide bonds. The summed E-state index contributed by atoms with van der Waals surface area (Å²) in [5.74, 6) is 2.71. The minimum absolute atomic E-state index is 0.0157. The highest BCUT2D eigenvalue weighted by Gasteiger charge is 2.40. The number of phenols is 1. The highest BCUT2D eigenvalue weighted by molar-refractivity contribution is 5.97. The maximum atomic E-state index is 14.8. The number of aromatic nitrogens is 2. The number of phenolic OH excluding ortho intramolecular Hbond substituents is 1. The average molecular weight is 973 g/mol. The van der Waals surface area contributed by atoms with Gasteiger partial charge in [-0.2, -0.15) is 0 Å². The van der Waals surface area contributed by atoms with Crippen LogP contribution < -0.4 is 10.7 Å². The number of aromatic hydroxyl groups is 1. The Hall–Kier alpha value is -6.28. The van der Waals surface area contributed by atoms with Gasteiger partial charge < -0.3 is 34.3 Å². The third-order valence-corrected chi connectivity index (χ3v) is 14.4. The van der Waals surface area contributed by atoms with Crippen LogP contribution in [0.4, 0.5) is 0 Å². The molecule has 0 unspecified atom stereocenters. The molecule has 3 aliphatic heterocycles. The molecule has 2 saturated heterocycles. The Morgan fingerprint density at radius 1 is 1.06 bits per heavy atom. The molecule has 2 aromatic heterocycles. The largest absolute Gasteiger partial charge is 0.508 e. The van der Waals surface area contributed by atoms with Crippen LogP contribution >= 0.6 is 0 Å². The van der Waals surface area contributed by atoms with E-state index >= 15 is 0 Å². The fourth-order valence-corrected chi connectivity index (χ4v) is 10.1. The Bertz CT molecular complexity index is 2730. The maximum Gasteiger partial charge on any atom is 0.324 e. The first kappa shape index (κ1) is 52.5. The van der Waals surface area contributed by atoms with Crippen LogP contribution in [-0.2, 0) is 59.4 Å². The number of methoxy groups -OCH3 is 1. The number of likely N-dealkylation sites (tertiary alicyclic amines) is 1. The quantitative estimate of drug-likeness (QED) is 0.134. The molecule has 71 heavy (non-hydrogen) atoms. The Morgan fingerprint density at radius 2 is 1.82 bits per heavy atom. The number of pyridine rings is 1. The predicted molar refractivity (Wildman–Crippen MR) is 272 cm³/mol. The van der Waals surface area contributed by atoms with Crippen LogP contribution in [0.15, 0.2) is 54.7 Å². The SMILES string of the molecule is CCn1c(-c2cccnc2COC)c2c3cc(ccc31)-c1cc(O)cc(c1)C[C@H](NC(=O)[C@H](C(C)C)N(C)C(=O)[C@@H]1CCN(C(=O)C#CC(C)(C)N(C)C)C1)C(=O)N1CCC[C@H](N1)C(=O)OCC(C)(C)C2. The fraction of sp³-hybridized carbons (Fsp3) is 0.527. The number of aryl methyl sites for hydroxylation is 1. The van der Waals surface area contributed by atoms with Gasteiger partial charge in [0.25, 0.3) is 11.8 Å². The number of hydrazine groups is 1. The van der Waals surface area contributed by atoms with E-state index < -0.39 is 52.8 Å². The van der Waals surface area contributed by atoms with Crippen LogP contribution in [0.5, 0.6) is 5.75 Å². The molecular formula is C55H72N8O8. The van der Waals surface area contributed by atoms with E-state index in [9.17, 15) is 29.1 Å². The minimum atomic E-state index is -1.18. The molecule has 7 rings (SSSR count). The number of nitrogens with zero attached hydrogens (tertiary/aromatic N) is 6. The Balaban J connectivity index is 1.24. The van der Waals surface area contributed by atoms with E-state index in [0.29, 0.717) is 56.5 Å². The Kier molecular flexibility index (Phi) is 16.0. The molecule has 2 fully saturated rings. The summed E-state index contributed by atoms with van der Waals surface area (Å²) in [6.07, 6.45) is 3.64. The number of carbonyl (C=O) groups is 5. The van der Waals surface area contributed by atoms with Crippen LogP contribution in [0.3, 0.4) is 0 Å². The van der Waals surface area contributed by atoms with E-state index in [-0.39, 0.29) is 49.6 Å². The van der Waals surface area contributed by atoms with Crippen LogP contribution in [0.1, 0.15) is 84.5 Å². The van der Waals surface area contributed by atoms with Crippen molar-refractivity contribution in [1.82, 2.24) is 40.0 Å².